The smallest absolute Gasteiger partial charge is 0.220 e. The Morgan fingerprint density at radius 3 is 2.86 bits per heavy atom. The molecule has 4 aromatic rings. The summed E-state index contributed by atoms with van der Waals surface area (Å²) in [6.45, 7) is 0.581. The molecule has 5 nitrogen and oxygen atoms in total. The van der Waals surface area contributed by atoms with E-state index in [0.717, 1.165) is 17.5 Å². The van der Waals surface area contributed by atoms with Crippen molar-refractivity contribution in [1.29, 1.82) is 0 Å². The van der Waals surface area contributed by atoms with Crippen molar-refractivity contribution >= 4 is 40.0 Å². The zero-order valence-electron chi connectivity index (χ0n) is 15.5. The Morgan fingerprint density at radius 1 is 1.14 bits per heavy atom. The average molecular weight is 428 g/mol. The molecule has 0 unspecified atom stereocenters. The van der Waals surface area contributed by atoms with Gasteiger partial charge in [-0.25, -0.2) is 4.98 Å². The molecule has 0 saturated carbocycles. The number of amides is 1. The number of aryl methyl sites for hydroxylation is 1. The molecule has 2 aromatic carbocycles. The summed E-state index contributed by atoms with van der Waals surface area (Å²) < 4.78 is 5.73. The molecule has 0 aliphatic heterocycles. The summed E-state index contributed by atoms with van der Waals surface area (Å²) in [7, 11) is 0. The van der Waals surface area contributed by atoms with Gasteiger partial charge in [0.15, 0.2) is 11.7 Å². The largest absolute Gasteiger partial charge is 0.441 e. The first kappa shape index (κ1) is 19.6. The summed E-state index contributed by atoms with van der Waals surface area (Å²) in [5, 5.41) is 5.20. The number of hydrogen-bond acceptors (Lipinski definition) is 3. The van der Waals surface area contributed by atoms with Crippen LogP contribution >= 0.6 is 23.2 Å². The number of aromatic amines is 1. The first-order valence-electron chi connectivity index (χ1n) is 9.32. The Hall–Kier alpha value is -2.76. The van der Waals surface area contributed by atoms with Crippen LogP contribution in [0.4, 0.5) is 0 Å². The number of aromatic nitrogens is 2. The predicted octanol–water partition coefficient (Wildman–Crippen LogP) is 5.42. The van der Waals surface area contributed by atoms with Crippen molar-refractivity contribution in [3.63, 3.8) is 0 Å². The van der Waals surface area contributed by atoms with E-state index in [9.17, 15) is 4.79 Å². The Kier molecular flexibility index (Phi) is 5.88. The van der Waals surface area contributed by atoms with Gasteiger partial charge in [-0.3, -0.25) is 4.79 Å². The van der Waals surface area contributed by atoms with E-state index in [1.165, 1.54) is 10.9 Å². The number of nitrogens with one attached hydrogen (secondary N) is 2. The van der Waals surface area contributed by atoms with Gasteiger partial charge in [-0.15, -0.1) is 0 Å². The lowest BCUT2D eigenvalue weighted by atomic mass is 10.1. The molecule has 7 heteroatoms. The Morgan fingerprint density at radius 2 is 2.00 bits per heavy atom. The third-order valence-corrected chi connectivity index (χ3v) is 5.26. The van der Waals surface area contributed by atoms with Crippen molar-refractivity contribution < 1.29 is 9.21 Å². The van der Waals surface area contributed by atoms with Crippen LogP contribution in [0.1, 0.15) is 17.9 Å². The lowest BCUT2D eigenvalue weighted by Crippen LogP contribution is -2.25. The number of hydrogen-bond donors (Lipinski definition) is 2. The quantitative estimate of drug-likeness (QED) is 0.413. The highest BCUT2D eigenvalue weighted by molar-refractivity contribution is 6.36. The van der Waals surface area contributed by atoms with Gasteiger partial charge in [0.2, 0.25) is 5.91 Å². The zero-order chi connectivity index (χ0) is 20.2. The van der Waals surface area contributed by atoms with E-state index in [4.69, 9.17) is 27.6 Å². The molecule has 0 radical (unpaired) electrons. The summed E-state index contributed by atoms with van der Waals surface area (Å²) in [6.07, 6.45) is 5.10. The fraction of sp³-hybridized carbons (Fsp3) is 0.182. The first-order chi connectivity index (χ1) is 14.1. The number of H-pyrrole nitrogens is 1. The molecule has 0 fully saturated rings. The summed E-state index contributed by atoms with van der Waals surface area (Å²) in [5.74, 6) is 1.02. The molecule has 0 atom stereocenters. The van der Waals surface area contributed by atoms with Crippen molar-refractivity contribution in [3.05, 3.63) is 76.4 Å². The van der Waals surface area contributed by atoms with Crippen LogP contribution in [-0.2, 0) is 17.6 Å². The third kappa shape index (κ3) is 4.63. The minimum atomic E-state index is -0.0332. The molecule has 0 bridgehead atoms. The van der Waals surface area contributed by atoms with E-state index in [-0.39, 0.29) is 5.91 Å². The van der Waals surface area contributed by atoms with Crippen LogP contribution in [0.3, 0.4) is 0 Å². The monoisotopic (exact) mass is 427 g/mol. The molecule has 0 saturated heterocycles. The number of benzene rings is 2. The van der Waals surface area contributed by atoms with E-state index in [0.29, 0.717) is 41.1 Å². The highest BCUT2D eigenvalue weighted by atomic mass is 35.5. The van der Waals surface area contributed by atoms with Crippen molar-refractivity contribution in [2.45, 2.75) is 19.3 Å². The number of carbonyl (C=O) groups excluding carboxylic acids is 1. The number of carbonyl (C=O) groups is 1. The SMILES string of the molecule is O=C(CCc1ncc(-c2ccc(Cl)cc2Cl)o1)NCCc1c[nH]c2ccccc12. The number of halogens is 2. The van der Waals surface area contributed by atoms with Crippen LogP contribution in [0.2, 0.25) is 10.0 Å². The van der Waals surface area contributed by atoms with Crippen LogP contribution in [0.25, 0.3) is 22.2 Å². The second-order valence-corrected chi connectivity index (χ2v) is 7.55. The lowest BCUT2D eigenvalue weighted by Gasteiger charge is -2.04. The normalized spacial score (nSPS) is 11.1. The maximum absolute atomic E-state index is 12.2. The molecule has 1 amide bonds. The standard InChI is InChI=1S/C22H19Cl2N3O2/c23-15-5-6-17(18(24)11-15)20-13-27-22(29-20)8-7-21(28)25-10-9-14-12-26-19-4-2-1-3-16(14)19/h1-6,11-13,26H,7-10H2,(H,25,28). The third-order valence-electron chi connectivity index (χ3n) is 4.71. The van der Waals surface area contributed by atoms with Gasteiger partial charge < -0.3 is 14.7 Å². The van der Waals surface area contributed by atoms with Crippen LogP contribution in [0, 0.1) is 0 Å². The van der Waals surface area contributed by atoms with Gasteiger partial charge in [-0.05, 0) is 36.2 Å². The molecule has 2 aromatic heterocycles. The van der Waals surface area contributed by atoms with Crippen LogP contribution in [0.5, 0.6) is 0 Å². The second kappa shape index (κ2) is 8.72. The van der Waals surface area contributed by atoms with Gasteiger partial charge in [-0.2, -0.15) is 0 Å². The molecule has 0 spiro atoms. The van der Waals surface area contributed by atoms with Crippen molar-refractivity contribution in [2.24, 2.45) is 0 Å². The Labute approximate surface area is 178 Å². The number of nitrogens with zero attached hydrogens (tertiary/aromatic N) is 1. The minimum Gasteiger partial charge on any atom is -0.441 e. The first-order valence-corrected chi connectivity index (χ1v) is 10.1. The fourth-order valence-electron chi connectivity index (χ4n) is 3.22. The topological polar surface area (TPSA) is 70.9 Å². The van der Waals surface area contributed by atoms with E-state index in [1.807, 2.05) is 24.4 Å². The van der Waals surface area contributed by atoms with E-state index >= 15 is 0 Å². The Bertz CT molecular complexity index is 1150. The average Bonchev–Trinajstić information content (AvgIpc) is 3.34. The molecule has 2 heterocycles. The number of rotatable bonds is 7. The highest BCUT2D eigenvalue weighted by Gasteiger charge is 2.12. The van der Waals surface area contributed by atoms with Gasteiger partial charge in [0.25, 0.3) is 0 Å². The summed E-state index contributed by atoms with van der Waals surface area (Å²) in [4.78, 5) is 19.6. The number of para-hydroxylation sites is 1. The van der Waals surface area contributed by atoms with Crippen LogP contribution in [-0.4, -0.2) is 22.4 Å². The van der Waals surface area contributed by atoms with E-state index < -0.39 is 0 Å². The minimum absolute atomic E-state index is 0.0332. The fourth-order valence-corrected chi connectivity index (χ4v) is 3.73. The van der Waals surface area contributed by atoms with Crippen LogP contribution in [0.15, 0.2) is 59.3 Å². The summed E-state index contributed by atoms with van der Waals surface area (Å²) >= 11 is 12.1. The summed E-state index contributed by atoms with van der Waals surface area (Å²) in [5.41, 5.74) is 3.02. The highest BCUT2D eigenvalue weighted by Crippen LogP contribution is 2.30. The molecule has 148 valence electrons. The van der Waals surface area contributed by atoms with E-state index in [2.05, 4.69) is 21.4 Å². The van der Waals surface area contributed by atoms with Gasteiger partial charge in [0.1, 0.15) is 0 Å². The lowest BCUT2D eigenvalue weighted by molar-refractivity contribution is -0.121. The van der Waals surface area contributed by atoms with Gasteiger partial charge in [0.05, 0.1) is 11.2 Å². The predicted molar refractivity (Wildman–Crippen MR) is 115 cm³/mol. The molecule has 29 heavy (non-hydrogen) atoms. The molecule has 4 rings (SSSR count). The number of oxazole rings is 1. The number of fused-ring (bicyclic) bond motifs is 1. The zero-order valence-corrected chi connectivity index (χ0v) is 17.1. The Balaban J connectivity index is 1.27. The molecule has 0 aliphatic rings. The summed E-state index contributed by atoms with van der Waals surface area (Å²) in [6, 6.07) is 13.3. The van der Waals surface area contributed by atoms with Gasteiger partial charge >= 0.3 is 0 Å². The van der Waals surface area contributed by atoms with E-state index in [1.54, 1.807) is 24.4 Å². The van der Waals surface area contributed by atoms with Crippen molar-refractivity contribution in [2.75, 3.05) is 6.54 Å². The van der Waals surface area contributed by atoms with Crippen molar-refractivity contribution in [1.82, 2.24) is 15.3 Å². The van der Waals surface area contributed by atoms with Gasteiger partial charge in [0, 0.05) is 47.1 Å². The molecular weight excluding hydrogens is 409 g/mol. The maximum atomic E-state index is 12.2. The van der Waals surface area contributed by atoms with Crippen LogP contribution < -0.4 is 5.32 Å². The maximum Gasteiger partial charge on any atom is 0.220 e. The molecule has 2 N–H and O–H groups in total. The molecular formula is C22H19Cl2N3O2. The second-order valence-electron chi connectivity index (χ2n) is 6.70. The van der Waals surface area contributed by atoms with Crippen molar-refractivity contribution in [3.8, 4) is 11.3 Å². The molecule has 0 aliphatic carbocycles. The van der Waals surface area contributed by atoms with Gasteiger partial charge in [-0.1, -0.05) is 41.4 Å².